The van der Waals surface area contributed by atoms with E-state index in [9.17, 15) is 4.79 Å². The molecule has 0 atom stereocenters. The lowest BCUT2D eigenvalue weighted by molar-refractivity contribution is 0.0865. The van der Waals surface area contributed by atoms with Gasteiger partial charge in [0.25, 0.3) is 5.91 Å². The van der Waals surface area contributed by atoms with Crippen LogP contribution in [0.5, 0.6) is 0 Å². The lowest BCUT2D eigenvalue weighted by Gasteiger charge is -2.38. The molecule has 18 heavy (non-hydrogen) atoms. The number of methoxy groups -OCH3 is 1. The highest BCUT2D eigenvalue weighted by atomic mass is 16.5. The van der Waals surface area contributed by atoms with E-state index in [-0.39, 0.29) is 18.2 Å². The van der Waals surface area contributed by atoms with Gasteiger partial charge in [-0.25, -0.2) is 0 Å². The zero-order chi connectivity index (χ0) is 14.0. The molecule has 0 unspecified atom stereocenters. The summed E-state index contributed by atoms with van der Waals surface area (Å²) < 4.78 is 9.85. The van der Waals surface area contributed by atoms with E-state index in [0.717, 1.165) is 0 Å². The maximum absolute atomic E-state index is 12.0. The van der Waals surface area contributed by atoms with Crippen molar-refractivity contribution < 1.29 is 14.1 Å². The van der Waals surface area contributed by atoms with Crippen molar-refractivity contribution in [2.45, 2.75) is 45.4 Å². The Morgan fingerprint density at radius 1 is 1.50 bits per heavy atom. The van der Waals surface area contributed by atoms with E-state index >= 15 is 0 Å². The fraction of sp³-hybridized carbons (Fsp3) is 0.667. The number of nitrogens with two attached hydrogens (primary N) is 1. The maximum Gasteiger partial charge on any atom is 0.273 e. The van der Waals surface area contributed by atoms with Crippen LogP contribution in [0.1, 0.15) is 43.9 Å². The van der Waals surface area contributed by atoms with E-state index in [1.807, 2.05) is 27.7 Å². The number of ether oxygens (including phenoxy) is 1. The summed E-state index contributed by atoms with van der Waals surface area (Å²) in [7, 11) is 1.54. The number of carbonyl (C=O) groups is 1. The van der Waals surface area contributed by atoms with Gasteiger partial charge in [-0.3, -0.25) is 4.79 Å². The fourth-order valence-corrected chi connectivity index (χ4v) is 1.14. The van der Waals surface area contributed by atoms with Crippen molar-refractivity contribution in [2.24, 2.45) is 5.73 Å². The largest absolute Gasteiger partial charge is 0.377 e. The Morgan fingerprint density at radius 3 is 2.61 bits per heavy atom. The standard InChI is InChI=1S/C12H21N3O3/c1-11(2,13)12(3,4)14-10(16)9-6-8(7-17-5)18-15-9/h6H,7,13H2,1-5H3,(H,14,16). The van der Waals surface area contributed by atoms with Gasteiger partial charge in [-0.15, -0.1) is 0 Å². The van der Waals surface area contributed by atoms with Crippen molar-refractivity contribution in [3.8, 4) is 0 Å². The van der Waals surface area contributed by atoms with Gasteiger partial charge in [0.1, 0.15) is 6.61 Å². The van der Waals surface area contributed by atoms with Crippen molar-refractivity contribution in [1.29, 1.82) is 0 Å². The first-order valence-corrected chi connectivity index (χ1v) is 5.73. The summed E-state index contributed by atoms with van der Waals surface area (Å²) in [6.07, 6.45) is 0. The number of aromatic nitrogens is 1. The fourth-order valence-electron chi connectivity index (χ4n) is 1.14. The second-order valence-corrected chi connectivity index (χ2v) is 5.41. The van der Waals surface area contributed by atoms with Crippen LogP contribution in [0.4, 0.5) is 0 Å². The molecule has 1 rings (SSSR count). The summed E-state index contributed by atoms with van der Waals surface area (Å²) in [5.41, 5.74) is 5.12. The molecule has 0 saturated carbocycles. The lowest BCUT2D eigenvalue weighted by atomic mass is 9.83. The van der Waals surface area contributed by atoms with Crippen LogP contribution in [0.2, 0.25) is 0 Å². The Bertz CT molecular complexity index is 418. The SMILES string of the molecule is COCc1cc(C(=O)NC(C)(C)C(C)(C)N)no1. The normalized spacial score (nSPS) is 12.6. The Balaban J connectivity index is 2.76. The highest BCUT2D eigenvalue weighted by Crippen LogP contribution is 2.18. The van der Waals surface area contributed by atoms with E-state index in [1.165, 1.54) is 0 Å². The minimum absolute atomic E-state index is 0.222. The van der Waals surface area contributed by atoms with Crippen molar-refractivity contribution in [3.05, 3.63) is 17.5 Å². The van der Waals surface area contributed by atoms with Crippen LogP contribution in [0.25, 0.3) is 0 Å². The molecule has 0 spiro atoms. The molecular formula is C12H21N3O3. The average Bonchev–Trinajstić information content (AvgIpc) is 2.64. The van der Waals surface area contributed by atoms with E-state index in [1.54, 1.807) is 13.2 Å². The van der Waals surface area contributed by atoms with Crippen molar-refractivity contribution >= 4 is 5.91 Å². The average molecular weight is 255 g/mol. The number of hydrogen-bond acceptors (Lipinski definition) is 5. The highest BCUT2D eigenvalue weighted by molar-refractivity contribution is 5.92. The van der Waals surface area contributed by atoms with E-state index in [2.05, 4.69) is 10.5 Å². The summed E-state index contributed by atoms with van der Waals surface area (Å²) in [6, 6.07) is 1.55. The van der Waals surface area contributed by atoms with Crippen LogP contribution in [0, 0.1) is 0 Å². The van der Waals surface area contributed by atoms with Gasteiger partial charge in [0, 0.05) is 18.7 Å². The number of rotatable bonds is 5. The zero-order valence-corrected chi connectivity index (χ0v) is 11.5. The molecule has 0 fully saturated rings. The first-order valence-electron chi connectivity index (χ1n) is 5.73. The van der Waals surface area contributed by atoms with Gasteiger partial charge in [0.05, 0.1) is 5.54 Å². The molecule has 0 aliphatic carbocycles. The Hall–Kier alpha value is -1.40. The predicted octanol–water partition coefficient (Wildman–Crippen LogP) is 1.07. The summed E-state index contributed by atoms with van der Waals surface area (Å²) in [6.45, 7) is 7.72. The first kappa shape index (κ1) is 14.7. The monoisotopic (exact) mass is 255 g/mol. The third-order valence-corrected chi connectivity index (χ3v) is 3.12. The third-order valence-electron chi connectivity index (χ3n) is 3.12. The Labute approximate surface area is 107 Å². The highest BCUT2D eigenvalue weighted by Gasteiger charge is 2.35. The third kappa shape index (κ3) is 3.30. The number of amides is 1. The van der Waals surface area contributed by atoms with E-state index in [4.69, 9.17) is 15.0 Å². The minimum Gasteiger partial charge on any atom is -0.377 e. The molecule has 0 radical (unpaired) electrons. The topological polar surface area (TPSA) is 90.4 Å². The predicted molar refractivity (Wildman–Crippen MR) is 67.0 cm³/mol. The van der Waals surface area contributed by atoms with Crippen LogP contribution in [-0.2, 0) is 11.3 Å². The molecule has 0 saturated heterocycles. The van der Waals surface area contributed by atoms with Crippen molar-refractivity contribution in [3.63, 3.8) is 0 Å². The summed E-state index contributed by atoms with van der Waals surface area (Å²) in [5, 5.41) is 6.53. The van der Waals surface area contributed by atoms with Gasteiger partial charge in [-0.05, 0) is 27.7 Å². The van der Waals surface area contributed by atoms with Crippen molar-refractivity contribution in [1.82, 2.24) is 10.5 Å². The van der Waals surface area contributed by atoms with E-state index < -0.39 is 11.1 Å². The number of carbonyl (C=O) groups excluding carboxylic acids is 1. The second-order valence-electron chi connectivity index (χ2n) is 5.41. The minimum atomic E-state index is -0.565. The molecule has 1 amide bonds. The molecule has 1 aromatic heterocycles. The molecule has 1 aromatic rings. The van der Waals surface area contributed by atoms with Crippen molar-refractivity contribution in [2.75, 3.05) is 7.11 Å². The molecule has 3 N–H and O–H groups in total. The summed E-state index contributed by atoms with van der Waals surface area (Å²) in [5.74, 6) is 0.192. The van der Waals surface area contributed by atoms with Gasteiger partial charge in [0.2, 0.25) is 0 Å². The zero-order valence-electron chi connectivity index (χ0n) is 11.5. The van der Waals surface area contributed by atoms with Gasteiger partial charge in [-0.2, -0.15) is 0 Å². The number of hydrogen-bond donors (Lipinski definition) is 2. The molecule has 0 aliphatic rings. The number of nitrogens with zero attached hydrogens (tertiary/aromatic N) is 1. The molecule has 6 heteroatoms. The molecule has 0 bridgehead atoms. The maximum atomic E-state index is 12.0. The first-order chi connectivity index (χ1) is 8.17. The lowest BCUT2D eigenvalue weighted by Crippen LogP contribution is -2.62. The summed E-state index contributed by atoms with van der Waals surface area (Å²) >= 11 is 0. The van der Waals surface area contributed by atoms with Crippen LogP contribution in [-0.4, -0.2) is 29.3 Å². The van der Waals surface area contributed by atoms with Gasteiger partial charge in [0.15, 0.2) is 11.5 Å². The quantitative estimate of drug-likeness (QED) is 0.821. The van der Waals surface area contributed by atoms with Crippen LogP contribution in [0.15, 0.2) is 10.6 Å². The molecule has 1 heterocycles. The van der Waals surface area contributed by atoms with Gasteiger partial charge < -0.3 is 20.3 Å². The number of nitrogens with one attached hydrogen (secondary N) is 1. The molecule has 0 aliphatic heterocycles. The Kier molecular flexibility index (Phi) is 4.13. The van der Waals surface area contributed by atoms with Crippen LogP contribution in [0.3, 0.4) is 0 Å². The van der Waals surface area contributed by atoms with Gasteiger partial charge >= 0.3 is 0 Å². The molecule has 6 nitrogen and oxygen atoms in total. The molecular weight excluding hydrogens is 234 g/mol. The van der Waals surface area contributed by atoms with Gasteiger partial charge in [-0.1, -0.05) is 5.16 Å². The smallest absolute Gasteiger partial charge is 0.273 e. The molecule has 0 aromatic carbocycles. The summed E-state index contributed by atoms with van der Waals surface area (Å²) in [4.78, 5) is 12.0. The van der Waals surface area contributed by atoms with E-state index in [0.29, 0.717) is 5.76 Å². The molecule has 102 valence electrons. The van der Waals surface area contributed by atoms with Crippen LogP contribution < -0.4 is 11.1 Å². The second kappa shape index (κ2) is 5.07. The van der Waals surface area contributed by atoms with Crippen LogP contribution >= 0.6 is 0 Å². The Morgan fingerprint density at radius 2 is 2.11 bits per heavy atom.